The number of anilines is 2. The first-order valence-electron chi connectivity index (χ1n) is 4.59. The summed E-state index contributed by atoms with van der Waals surface area (Å²) in [4.78, 5) is 20.0. The minimum Gasteiger partial charge on any atom is -0.462 e. The van der Waals surface area contributed by atoms with E-state index in [9.17, 15) is 4.79 Å². The highest BCUT2D eigenvalue weighted by Crippen LogP contribution is 2.23. The average molecular weight is 255 g/mol. The van der Waals surface area contributed by atoms with Gasteiger partial charge in [-0.25, -0.2) is 14.8 Å². The zero-order valence-electron chi connectivity index (χ0n) is 8.47. The fourth-order valence-electron chi connectivity index (χ4n) is 1.01. The number of hydrogen-bond donors (Lipinski definition) is 1. The molecule has 0 aliphatic rings. The van der Waals surface area contributed by atoms with Crippen LogP contribution >= 0.6 is 22.7 Å². The van der Waals surface area contributed by atoms with Gasteiger partial charge < -0.3 is 10.1 Å². The van der Waals surface area contributed by atoms with E-state index < -0.39 is 0 Å². The number of aromatic nitrogens is 2. The molecule has 84 valence electrons. The summed E-state index contributed by atoms with van der Waals surface area (Å²) in [7, 11) is 0. The molecule has 16 heavy (non-hydrogen) atoms. The van der Waals surface area contributed by atoms with Gasteiger partial charge in [0.2, 0.25) is 0 Å². The van der Waals surface area contributed by atoms with Crippen molar-refractivity contribution in [2.75, 3.05) is 11.9 Å². The predicted octanol–water partition coefficient (Wildman–Crippen LogP) is 2.52. The van der Waals surface area contributed by atoms with Crippen LogP contribution in [0.25, 0.3) is 0 Å². The largest absolute Gasteiger partial charge is 0.462 e. The van der Waals surface area contributed by atoms with E-state index >= 15 is 0 Å². The van der Waals surface area contributed by atoms with E-state index in [4.69, 9.17) is 4.74 Å². The molecular weight excluding hydrogens is 246 g/mol. The van der Waals surface area contributed by atoms with Crippen LogP contribution in [0.15, 0.2) is 17.8 Å². The third-order valence-electron chi connectivity index (χ3n) is 1.63. The minimum atomic E-state index is -0.341. The molecule has 5 nitrogen and oxygen atoms in total. The number of nitrogens with zero attached hydrogens (tertiary/aromatic N) is 2. The summed E-state index contributed by atoms with van der Waals surface area (Å²) in [6, 6.07) is 0. The maximum Gasteiger partial charge on any atom is 0.350 e. The Labute approximate surface area is 100 Å². The molecular formula is C9H9N3O2S2. The molecule has 7 heteroatoms. The number of hydrogen-bond acceptors (Lipinski definition) is 7. The number of nitrogens with one attached hydrogen (secondary N) is 1. The first kappa shape index (κ1) is 11.0. The summed E-state index contributed by atoms with van der Waals surface area (Å²) in [5, 5.41) is 6.26. The molecule has 0 aliphatic heterocycles. The van der Waals surface area contributed by atoms with Crippen LogP contribution in [-0.4, -0.2) is 22.5 Å². The second-order valence-electron chi connectivity index (χ2n) is 2.71. The summed E-state index contributed by atoms with van der Waals surface area (Å²) in [6.45, 7) is 2.14. The molecule has 0 bridgehead atoms. The van der Waals surface area contributed by atoms with Gasteiger partial charge in [-0.15, -0.1) is 11.3 Å². The quantitative estimate of drug-likeness (QED) is 0.850. The van der Waals surface area contributed by atoms with Crippen LogP contribution in [0.4, 0.5) is 10.3 Å². The average Bonchev–Trinajstić information content (AvgIpc) is 2.90. The van der Waals surface area contributed by atoms with Gasteiger partial charge in [-0.3, -0.25) is 0 Å². The van der Waals surface area contributed by atoms with E-state index in [-0.39, 0.29) is 5.97 Å². The predicted molar refractivity (Wildman–Crippen MR) is 63.5 cm³/mol. The number of ether oxygens (including phenoxy) is 1. The highest BCUT2D eigenvalue weighted by atomic mass is 32.1. The van der Waals surface area contributed by atoms with E-state index in [2.05, 4.69) is 15.3 Å². The zero-order chi connectivity index (χ0) is 11.4. The summed E-state index contributed by atoms with van der Waals surface area (Å²) in [6.07, 6.45) is 3.20. The van der Waals surface area contributed by atoms with Crippen molar-refractivity contribution in [1.29, 1.82) is 0 Å². The Bertz CT molecular complexity index is 467. The van der Waals surface area contributed by atoms with Crippen LogP contribution in [0.2, 0.25) is 0 Å². The van der Waals surface area contributed by atoms with Crippen molar-refractivity contribution in [1.82, 2.24) is 9.97 Å². The SMILES string of the molecule is CCOC(=O)c1cnc(Nc2nccs2)s1. The lowest BCUT2D eigenvalue weighted by Gasteiger charge is -1.96. The first-order valence-corrected chi connectivity index (χ1v) is 6.28. The Morgan fingerprint density at radius 3 is 3.06 bits per heavy atom. The normalized spacial score (nSPS) is 10.1. The Balaban J connectivity index is 2.05. The molecule has 0 saturated carbocycles. The van der Waals surface area contributed by atoms with Crippen molar-refractivity contribution in [3.63, 3.8) is 0 Å². The molecule has 2 rings (SSSR count). The van der Waals surface area contributed by atoms with Gasteiger partial charge in [0.1, 0.15) is 4.88 Å². The molecule has 0 saturated heterocycles. The van der Waals surface area contributed by atoms with Gasteiger partial charge in [0.05, 0.1) is 12.8 Å². The molecule has 0 radical (unpaired) electrons. The van der Waals surface area contributed by atoms with Gasteiger partial charge in [0.15, 0.2) is 10.3 Å². The van der Waals surface area contributed by atoms with Gasteiger partial charge in [-0.05, 0) is 6.92 Å². The second kappa shape index (κ2) is 5.04. The number of thiazole rings is 2. The summed E-state index contributed by atoms with van der Waals surface area (Å²) in [5.74, 6) is -0.341. The van der Waals surface area contributed by atoms with Gasteiger partial charge in [-0.1, -0.05) is 11.3 Å². The number of carbonyl (C=O) groups is 1. The lowest BCUT2D eigenvalue weighted by atomic mass is 10.6. The van der Waals surface area contributed by atoms with Crippen molar-refractivity contribution in [2.24, 2.45) is 0 Å². The third-order valence-corrected chi connectivity index (χ3v) is 3.21. The van der Waals surface area contributed by atoms with Crippen molar-refractivity contribution >= 4 is 38.9 Å². The van der Waals surface area contributed by atoms with Crippen LogP contribution in [0.3, 0.4) is 0 Å². The van der Waals surface area contributed by atoms with Crippen LogP contribution in [-0.2, 0) is 4.74 Å². The fraction of sp³-hybridized carbons (Fsp3) is 0.222. The van der Waals surface area contributed by atoms with Gasteiger partial charge in [0.25, 0.3) is 0 Å². The minimum absolute atomic E-state index is 0.341. The van der Waals surface area contributed by atoms with Gasteiger partial charge >= 0.3 is 5.97 Å². The molecule has 0 spiro atoms. The summed E-state index contributed by atoms with van der Waals surface area (Å²) in [5.41, 5.74) is 0. The molecule has 1 N–H and O–H groups in total. The molecule has 0 aromatic carbocycles. The molecule has 0 unspecified atom stereocenters. The topological polar surface area (TPSA) is 64.1 Å². The van der Waals surface area contributed by atoms with Crippen LogP contribution < -0.4 is 5.32 Å². The van der Waals surface area contributed by atoms with Crippen molar-refractivity contribution in [3.05, 3.63) is 22.7 Å². The Kier molecular flexibility index (Phi) is 3.47. The Morgan fingerprint density at radius 2 is 2.38 bits per heavy atom. The van der Waals surface area contributed by atoms with E-state index in [1.807, 2.05) is 5.38 Å². The molecule has 0 atom stereocenters. The van der Waals surface area contributed by atoms with Crippen LogP contribution in [0, 0.1) is 0 Å². The molecule has 2 aromatic heterocycles. The van der Waals surface area contributed by atoms with Gasteiger partial charge in [-0.2, -0.15) is 0 Å². The third kappa shape index (κ3) is 2.56. The van der Waals surface area contributed by atoms with E-state index in [1.165, 1.54) is 28.9 Å². The lowest BCUT2D eigenvalue weighted by molar-refractivity contribution is 0.0532. The molecule has 2 heterocycles. The Morgan fingerprint density at radius 1 is 1.50 bits per heavy atom. The molecule has 0 amide bonds. The lowest BCUT2D eigenvalue weighted by Crippen LogP contribution is -2.01. The maximum absolute atomic E-state index is 11.4. The van der Waals surface area contributed by atoms with Crippen LogP contribution in [0.1, 0.15) is 16.6 Å². The second-order valence-corrected chi connectivity index (χ2v) is 4.64. The van der Waals surface area contributed by atoms with Crippen molar-refractivity contribution in [3.8, 4) is 0 Å². The molecule has 0 aliphatic carbocycles. The monoisotopic (exact) mass is 255 g/mol. The molecule has 2 aromatic rings. The van der Waals surface area contributed by atoms with Crippen LogP contribution in [0.5, 0.6) is 0 Å². The van der Waals surface area contributed by atoms with E-state index in [0.29, 0.717) is 16.6 Å². The fourth-order valence-corrected chi connectivity index (χ4v) is 2.31. The molecule has 0 fully saturated rings. The highest BCUT2D eigenvalue weighted by Gasteiger charge is 2.11. The summed E-state index contributed by atoms with van der Waals surface area (Å²) < 4.78 is 4.87. The Hall–Kier alpha value is -1.47. The van der Waals surface area contributed by atoms with Crippen molar-refractivity contribution in [2.45, 2.75) is 6.92 Å². The number of rotatable bonds is 4. The highest BCUT2D eigenvalue weighted by molar-refractivity contribution is 7.18. The smallest absolute Gasteiger partial charge is 0.350 e. The zero-order valence-corrected chi connectivity index (χ0v) is 10.1. The van der Waals surface area contributed by atoms with Gasteiger partial charge in [0, 0.05) is 11.6 Å². The van der Waals surface area contributed by atoms with Crippen molar-refractivity contribution < 1.29 is 9.53 Å². The maximum atomic E-state index is 11.4. The number of esters is 1. The summed E-state index contributed by atoms with van der Waals surface area (Å²) >= 11 is 2.72. The van der Waals surface area contributed by atoms with E-state index in [0.717, 1.165) is 5.13 Å². The first-order chi connectivity index (χ1) is 7.79. The standard InChI is InChI=1S/C9H9N3O2S2/c1-2-14-7(13)6-5-11-9(16-6)12-8-10-3-4-15-8/h3-5H,2H2,1H3,(H,10,11,12). The van der Waals surface area contributed by atoms with E-state index in [1.54, 1.807) is 13.1 Å². The number of carbonyl (C=O) groups excluding carboxylic acids is 1.